The minimum absolute atomic E-state index is 0.0406. The lowest BCUT2D eigenvalue weighted by Gasteiger charge is -2.06. The van der Waals surface area contributed by atoms with E-state index in [0.29, 0.717) is 11.1 Å². The van der Waals surface area contributed by atoms with Crippen LogP contribution in [0.25, 0.3) is 11.1 Å². The first kappa shape index (κ1) is 10.6. The van der Waals surface area contributed by atoms with Crippen molar-refractivity contribution >= 4 is 5.88 Å². The SMILES string of the molecule is Cc1ccc(C(F)F)cc1-c1cnoc1N. The van der Waals surface area contributed by atoms with Gasteiger partial charge in [0.05, 0.1) is 11.8 Å². The summed E-state index contributed by atoms with van der Waals surface area (Å²) in [5.41, 5.74) is 7.52. The van der Waals surface area contributed by atoms with E-state index in [1.54, 1.807) is 6.07 Å². The van der Waals surface area contributed by atoms with E-state index in [1.807, 2.05) is 6.92 Å². The number of hydrogen-bond acceptors (Lipinski definition) is 3. The Morgan fingerprint density at radius 3 is 2.62 bits per heavy atom. The molecule has 0 saturated carbocycles. The molecule has 5 heteroatoms. The van der Waals surface area contributed by atoms with Gasteiger partial charge in [0.25, 0.3) is 6.43 Å². The molecule has 2 rings (SSSR count). The van der Waals surface area contributed by atoms with Gasteiger partial charge in [-0.15, -0.1) is 0 Å². The van der Waals surface area contributed by atoms with Crippen molar-refractivity contribution in [2.24, 2.45) is 0 Å². The van der Waals surface area contributed by atoms with E-state index in [4.69, 9.17) is 10.3 Å². The van der Waals surface area contributed by atoms with Crippen molar-refractivity contribution in [1.29, 1.82) is 0 Å². The molecule has 1 aromatic heterocycles. The Morgan fingerprint density at radius 1 is 1.31 bits per heavy atom. The van der Waals surface area contributed by atoms with Crippen molar-refractivity contribution in [3.8, 4) is 11.1 Å². The molecule has 0 unspecified atom stereocenters. The summed E-state index contributed by atoms with van der Waals surface area (Å²) in [7, 11) is 0. The summed E-state index contributed by atoms with van der Waals surface area (Å²) < 4.78 is 29.8. The van der Waals surface area contributed by atoms with Gasteiger partial charge in [0.2, 0.25) is 5.88 Å². The maximum absolute atomic E-state index is 12.6. The highest BCUT2D eigenvalue weighted by molar-refractivity contribution is 5.75. The van der Waals surface area contributed by atoms with Crippen LogP contribution in [0.1, 0.15) is 17.6 Å². The van der Waals surface area contributed by atoms with E-state index in [9.17, 15) is 8.78 Å². The molecule has 2 aromatic rings. The number of halogens is 2. The first-order valence-corrected chi connectivity index (χ1v) is 4.69. The highest BCUT2D eigenvalue weighted by atomic mass is 19.3. The molecule has 0 aliphatic rings. The predicted molar refractivity (Wildman–Crippen MR) is 56.0 cm³/mol. The Kier molecular flexibility index (Phi) is 2.60. The van der Waals surface area contributed by atoms with E-state index >= 15 is 0 Å². The normalized spacial score (nSPS) is 11.0. The van der Waals surface area contributed by atoms with Crippen molar-refractivity contribution in [2.75, 3.05) is 5.73 Å². The zero-order chi connectivity index (χ0) is 11.7. The van der Waals surface area contributed by atoms with Crippen LogP contribution in [0, 0.1) is 6.92 Å². The summed E-state index contributed by atoms with van der Waals surface area (Å²) in [6.07, 6.45) is -1.08. The number of hydrogen-bond donors (Lipinski definition) is 1. The lowest BCUT2D eigenvalue weighted by atomic mass is 10.0. The minimum atomic E-state index is -2.50. The van der Waals surface area contributed by atoms with Gasteiger partial charge < -0.3 is 10.3 Å². The topological polar surface area (TPSA) is 52.0 Å². The zero-order valence-corrected chi connectivity index (χ0v) is 8.58. The highest BCUT2D eigenvalue weighted by Gasteiger charge is 2.13. The van der Waals surface area contributed by atoms with Gasteiger partial charge in [0, 0.05) is 5.56 Å². The lowest BCUT2D eigenvalue weighted by Crippen LogP contribution is -1.91. The second-order valence-electron chi connectivity index (χ2n) is 3.48. The Bertz CT molecular complexity index is 508. The molecule has 0 radical (unpaired) electrons. The summed E-state index contributed by atoms with van der Waals surface area (Å²) in [5, 5.41) is 3.53. The first-order chi connectivity index (χ1) is 7.59. The molecule has 0 atom stereocenters. The summed E-state index contributed by atoms with van der Waals surface area (Å²) in [5.74, 6) is 0.134. The molecule has 16 heavy (non-hydrogen) atoms. The number of rotatable bonds is 2. The monoisotopic (exact) mass is 224 g/mol. The van der Waals surface area contributed by atoms with Crippen LogP contribution >= 0.6 is 0 Å². The molecule has 0 saturated heterocycles. The van der Waals surface area contributed by atoms with Gasteiger partial charge in [-0.25, -0.2) is 8.78 Å². The van der Waals surface area contributed by atoms with E-state index in [1.165, 1.54) is 18.3 Å². The number of nitrogens with zero attached hydrogens (tertiary/aromatic N) is 1. The molecule has 3 nitrogen and oxygen atoms in total. The van der Waals surface area contributed by atoms with E-state index in [-0.39, 0.29) is 11.4 Å². The Hall–Kier alpha value is -1.91. The number of aryl methyl sites for hydroxylation is 1. The molecule has 0 aliphatic carbocycles. The fraction of sp³-hybridized carbons (Fsp3) is 0.182. The summed E-state index contributed by atoms with van der Waals surface area (Å²) in [6.45, 7) is 1.82. The molecule has 0 fully saturated rings. The van der Waals surface area contributed by atoms with E-state index < -0.39 is 6.43 Å². The molecular weight excluding hydrogens is 214 g/mol. The van der Waals surface area contributed by atoms with Gasteiger partial charge in [-0.2, -0.15) is 0 Å². The maximum Gasteiger partial charge on any atom is 0.263 e. The van der Waals surface area contributed by atoms with Crippen LogP contribution < -0.4 is 5.73 Å². The number of alkyl halides is 2. The van der Waals surface area contributed by atoms with Crippen molar-refractivity contribution in [1.82, 2.24) is 5.16 Å². The highest BCUT2D eigenvalue weighted by Crippen LogP contribution is 2.31. The first-order valence-electron chi connectivity index (χ1n) is 4.69. The smallest absolute Gasteiger partial charge is 0.263 e. The Morgan fingerprint density at radius 2 is 2.06 bits per heavy atom. The van der Waals surface area contributed by atoms with Crippen molar-refractivity contribution in [2.45, 2.75) is 13.3 Å². The van der Waals surface area contributed by atoms with Crippen molar-refractivity contribution < 1.29 is 13.3 Å². The zero-order valence-electron chi connectivity index (χ0n) is 8.58. The molecule has 1 heterocycles. The number of nitrogens with two attached hydrogens (primary N) is 1. The van der Waals surface area contributed by atoms with Gasteiger partial charge in [0.1, 0.15) is 0 Å². The Labute approximate surface area is 90.9 Å². The van der Waals surface area contributed by atoms with Crippen LogP contribution in [-0.4, -0.2) is 5.16 Å². The van der Waals surface area contributed by atoms with Crippen LogP contribution in [0.15, 0.2) is 28.9 Å². The summed E-state index contributed by atoms with van der Waals surface area (Å²) in [6, 6.07) is 4.43. The Balaban J connectivity index is 2.56. The van der Waals surface area contributed by atoms with Crippen LogP contribution in [-0.2, 0) is 0 Å². The average molecular weight is 224 g/mol. The number of aromatic nitrogens is 1. The molecule has 0 spiro atoms. The van der Waals surface area contributed by atoms with Crippen LogP contribution in [0.5, 0.6) is 0 Å². The quantitative estimate of drug-likeness (QED) is 0.852. The van der Waals surface area contributed by atoms with Gasteiger partial charge in [-0.3, -0.25) is 0 Å². The number of benzene rings is 1. The van der Waals surface area contributed by atoms with Crippen molar-refractivity contribution in [3.63, 3.8) is 0 Å². The lowest BCUT2D eigenvalue weighted by molar-refractivity contribution is 0.151. The largest absolute Gasteiger partial charge is 0.367 e. The molecule has 1 aromatic carbocycles. The second kappa shape index (κ2) is 3.92. The van der Waals surface area contributed by atoms with Crippen molar-refractivity contribution in [3.05, 3.63) is 35.5 Å². The molecule has 2 N–H and O–H groups in total. The van der Waals surface area contributed by atoms with Crippen LogP contribution in [0.4, 0.5) is 14.7 Å². The van der Waals surface area contributed by atoms with Crippen LogP contribution in [0.3, 0.4) is 0 Å². The number of nitrogen functional groups attached to an aromatic ring is 1. The van der Waals surface area contributed by atoms with Gasteiger partial charge in [-0.05, 0) is 24.1 Å². The number of anilines is 1. The van der Waals surface area contributed by atoms with Gasteiger partial charge in [0.15, 0.2) is 0 Å². The van der Waals surface area contributed by atoms with E-state index in [0.717, 1.165) is 5.56 Å². The fourth-order valence-corrected chi connectivity index (χ4v) is 1.52. The molecular formula is C11H10F2N2O. The third kappa shape index (κ3) is 1.76. The molecule has 0 bridgehead atoms. The molecule has 0 aliphatic heterocycles. The standard InChI is InChI=1S/C11H10F2N2O/c1-6-2-3-7(10(12)13)4-8(6)9-5-15-16-11(9)14/h2-5,10H,14H2,1H3. The molecule has 84 valence electrons. The van der Waals surface area contributed by atoms with E-state index in [2.05, 4.69) is 5.16 Å². The average Bonchev–Trinajstić information content (AvgIpc) is 2.65. The van der Waals surface area contributed by atoms with Crippen LogP contribution in [0.2, 0.25) is 0 Å². The minimum Gasteiger partial charge on any atom is -0.367 e. The summed E-state index contributed by atoms with van der Waals surface area (Å²) in [4.78, 5) is 0. The second-order valence-corrected chi connectivity index (χ2v) is 3.48. The van der Waals surface area contributed by atoms with Gasteiger partial charge >= 0.3 is 0 Å². The third-order valence-corrected chi connectivity index (χ3v) is 2.40. The van der Waals surface area contributed by atoms with Gasteiger partial charge in [-0.1, -0.05) is 17.3 Å². The fourth-order valence-electron chi connectivity index (χ4n) is 1.52. The predicted octanol–water partition coefficient (Wildman–Crippen LogP) is 3.17. The third-order valence-electron chi connectivity index (χ3n) is 2.40. The summed E-state index contributed by atoms with van der Waals surface area (Å²) >= 11 is 0. The maximum atomic E-state index is 12.6. The molecule has 0 amide bonds.